The molecule has 2 aromatic carbocycles. The number of methoxy groups -OCH3 is 1. The predicted octanol–water partition coefficient (Wildman–Crippen LogP) is 6.98. The molecular formula is C39H47ClN4O5S. The van der Waals surface area contributed by atoms with Crippen molar-refractivity contribution < 1.29 is 23.3 Å². The lowest BCUT2D eigenvalue weighted by Crippen LogP contribution is -2.49. The van der Waals surface area contributed by atoms with Crippen molar-refractivity contribution in [1.29, 1.82) is 0 Å². The SMILES string of the molecule is CO[C@H]1/C=C/CCC[S@@](=O)(CC(=O)CCn2nccc2C)=NC(=O)c2ccc3c(c2)N(C[C@@H]2CC[C@H]21)C[C@@]1(CCCc2cc(Cl)ccc21)CO3. The molecule has 1 saturated carbocycles. The first-order valence-corrected chi connectivity index (χ1v) is 20.2. The molecule has 7 rings (SSSR count). The number of rotatable bonds is 6. The van der Waals surface area contributed by atoms with Gasteiger partial charge in [-0.05, 0) is 111 Å². The topological polar surface area (TPSA) is 103 Å². The number of Topliss-reactive ketones (excluding diaryl/α,β-unsaturated/α-hetero) is 1. The largest absolute Gasteiger partial charge is 0.490 e. The molecule has 0 saturated heterocycles. The zero-order valence-corrected chi connectivity index (χ0v) is 30.6. The van der Waals surface area contributed by atoms with E-state index < -0.39 is 15.6 Å². The lowest BCUT2D eigenvalue weighted by Gasteiger charge is -2.46. The van der Waals surface area contributed by atoms with E-state index in [-0.39, 0.29) is 35.2 Å². The molecule has 5 atom stereocenters. The van der Waals surface area contributed by atoms with Gasteiger partial charge in [0.25, 0.3) is 5.91 Å². The lowest BCUT2D eigenvalue weighted by atomic mass is 9.68. The van der Waals surface area contributed by atoms with Crippen molar-refractivity contribution in [2.24, 2.45) is 16.2 Å². The van der Waals surface area contributed by atoms with Gasteiger partial charge in [0.2, 0.25) is 0 Å². The van der Waals surface area contributed by atoms with Gasteiger partial charge in [-0.25, -0.2) is 4.21 Å². The van der Waals surface area contributed by atoms with E-state index in [0.29, 0.717) is 43.4 Å². The number of allylic oxidation sites excluding steroid dienone is 1. The Labute approximate surface area is 300 Å². The number of aryl methyl sites for hydroxylation is 3. The number of fused-ring (bicyclic) bond motifs is 4. The van der Waals surface area contributed by atoms with E-state index in [9.17, 15) is 13.8 Å². The second-order valence-electron chi connectivity index (χ2n) is 14.6. The average molecular weight is 719 g/mol. The van der Waals surface area contributed by atoms with Crippen molar-refractivity contribution in [2.75, 3.05) is 43.2 Å². The van der Waals surface area contributed by atoms with Crippen molar-refractivity contribution in [2.45, 2.75) is 76.4 Å². The molecule has 0 N–H and O–H groups in total. The van der Waals surface area contributed by atoms with E-state index in [1.807, 2.05) is 31.2 Å². The molecule has 2 aliphatic carbocycles. The second kappa shape index (κ2) is 14.6. The second-order valence-corrected chi connectivity index (χ2v) is 17.4. The highest BCUT2D eigenvalue weighted by atomic mass is 35.5. The molecule has 2 aliphatic heterocycles. The van der Waals surface area contributed by atoms with Crippen molar-refractivity contribution in [3.8, 4) is 5.75 Å². The Morgan fingerprint density at radius 1 is 1.16 bits per heavy atom. The van der Waals surface area contributed by atoms with Crippen LogP contribution in [0.5, 0.6) is 5.75 Å². The first-order valence-electron chi connectivity index (χ1n) is 17.9. The average Bonchev–Trinajstić information content (AvgIpc) is 3.43. The Kier molecular flexibility index (Phi) is 10.2. The first-order chi connectivity index (χ1) is 24.1. The van der Waals surface area contributed by atoms with E-state index in [0.717, 1.165) is 67.3 Å². The van der Waals surface area contributed by atoms with Gasteiger partial charge in [0.1, 0.15) is 11.5 Å². The normalized spacial score (nSPS) is 28.7. The number of hydrogen-bond acceptors (Lipinski definition) is 7. The summed E-state index contributed by atoms with van der Waals surface area (Å²) in [7, 11) is -1.39. The van der Waals surface area contributed by atoms with Gasteiger partial charge in [-0.3, -0.25) is 14.3 Å². The molecule has 11 heteroatoms. The van der Waals surface area contributed by atoms with Gasteiger partial charge in [-0.2, -0.15) is 9.46 Å². The van der Waals surface area contributed by atoms with Gasteiger partial charge in [-0.1, -0.05) is 29.8 Å². The van der Waals surface area contributed by atoms with Gasteiger partial charge in [0.15, 0.2) is 0 Å². The standard InChI is InChI=1S/C39H47ClN4O5S/c1-27-15-18-41-44(27)19-16-32(45)24-50(47)20-5-3-4-8-36(48-2)33-12-9-30(33)23-43-25-39(17-6-7-28-21-31(40)11-13-34(28)39)26-49-37-14-10-29(22-35(37)43)38(46)42-50/h4,8,10-11,13-15,18,21-22,30,33,36H,3,5-7,9,12,16-17,19-20,23-26H2,1-2H3/b8-4+/t30-,33+,36-,39-,50+/m0/s1. The van der Waals surface area contributed by atoms with E-state index >= 15 is 0 Å². The summed E-state index contributed by atoms with van der Waals surface area (Å²) in [4.78, 5) is 29.5. The van der Waals surface area contributed by atoms with E-state index in [1.165, 1.54) is 11.1 Å². The molecule has 2 bridgehead atoms. The van der Waals surface area contributed by atoms with Crippen LogP contribution >= 0.6 is 11.6 Å². The van der Waals surface area contributed by atoms with Crippen LogP contribution in [0, 0.1) is 18.8 Å². The molecule has 0 unspecified atom stereocenters. The molecule has 0 radical (unpaired) electrons. The number of ketones is 1. The van der Waals surface area contributed by atoms with Crippen LogP contribution in [-0.2, 0) is 37.6 Å². The third-order valence-corrected chi connectivity index (χ3v) is 13.7. The first kappa shape index (κ1) is 35.0. The van der Waals surface area contributed by atoms with Crippen molar-refractivity contribution in [3.05, 3.63) is 88.2 Å². The number of carbonyl (C=O) groups is 2. The van der Waals surface area contributed by atoms with E-state index in [4.69, 9.17) is 21.1 Å². The van der Waals surface area contributed by atoms with Crippen LogP contribution < -0.4 is 9.64 Å². The predicted molar refractivity (Wildman–Crippen MR) is 197 cm³/mol. The maximum Gasteiger partial charge on any atom is 0.285 e. The Morgan fingerprint density at radius 3 is 2.82 bits per heavy atom. The quantitative estimate of drug-likeness (QED) is 0.254. The summed E-state index contributed by atoms with van der Waals surface area (Å²) in [6.07, 6.45) is 12.5. The number of carbonyl (C=O) groups excluding carboxylic acids is 2. The van der Waals surface area contributed by atoms with Gasteiger partial charge < -0.3 is 14.4 Å². The fraction of sp³-hybridized carbons (Fsp3) is 0.513. The lowest BCUT2D eigenvalue weighted by molar-refractivity contribution is -0.116. The fourth-order valence-corrected chi connectivity index (χ4v) is 10.5. The third-order valence-electron chi connectivity index (χ3n) is 11.2. The van der Waals surface area contributed by atoms with Crippen LogP contribution in [0.1, 0.15) is 72.1 Å². The maximum absolute atomic E-state index is 14.4. The summed E-state index contributed by atoms with van der Waals surface area (Å²) in [6.45, 7) is 4.38. The number of benzene rings is 2. The van der Waals surface area contributed by atoms with Crippen molar-refractivity contribution in [3.63, 3.8) is 0 Å². The van der Waals surface area contributed by atoms with Crippen LogP contribution in [0.4, 0.5) is 5.69 Å². The Hall–Kier alpha value is -3.47. The molecule has 1 aromatic heterocycles. The Morgan fingerprint density at radius 2 is 2.04 bits per heavy atom. The van der Waals surface area contributed by atoms with Gasteiger partial charge in [0.05, 0.1) is 33.9 Å². The smallest absolute Gasteiger partial charge is 0.285 e. The van der Waals surface area contributed by atoms with Crippen molar-refractivity contribution >= 4 is 38.7 Å². The van der Waals surface area contributed by atoms with Gasteiger partial charge in [-0.15, -0.1) is 0 Å². The summed E-state index contributed by atoms with van der Waals surface area (Å²) >= 11 is 6.45. The monoisotopic (exact) mass is 718 g/mol. The number of nitrogens with zero attached hydrogens (tertiary/aromatic N) is 4. The zero-order valence-electron chi connectivity index (χ0n) is 29.0. The minimum atomic E-state index is -3.17. The summed E-state index contributed by atoms with van der Waals surface area (Å²) in [6, 6.07) is 13.6. The molecule has 3 aromatic rings. The molecular weight excluding hydrogens is 672 g/mol. The summed E-state index contributed by atoms with van der Waals surface area (Å²) in [5.41, 5.74) is 4.47. The zero-order chi connectivity index (χ0) is 34.9. The third kappa shape index (κ3) is 7.30. The number of ether oxygens (including phenoxy) is 2. The minimum absolute atomic E-state index is 0.0230. The molecule has 3 heterocycles. The van der Waals surface area contributed by atoms with Crippen LogP contribution in [0.25, 0.3) is 0 Å². The number of anilines is 1. The van der Waals surface area contributed by atoms with Crippen LogP contribution in [-0.4, -0.2) is 70.1 Å². The molecule has 1 fully saturated rings. The highest BCUT2D eigenvalue weighted by Crippen LogP contribution is 2.47. The van der Waals surface area contributed by atoms with Gasteiger partial charge >= 0.3 is 0 Å². The number of halogens is 1. The van der Waals surface area contributed by atoms with E-state index in [2.05, 4.69) is 38.6 Å². The summed E-state index contributed by atoms with van der Waals surface area (Å²) in [5, 5.41) is 5.01. The van der Waals surface area contributed by atoms with Gasteiger partial charge in [0, 0.05) is 66.8 Å². The maximum atomic E-state index is 14.4. The molecule has 4 aliphatic rings. The van der Waals surface area contributed by atoms with Crippen LogP contribution in [0.3, 0.4) is 0 Å². The minimum Gasteiger partial charge on any atom is -0.490 e. The highest BCUT2D eigenvalue weighted by molar-refractivity contribution is 7.94. The molecule has 50 heavy (non-hydrogen) atoms. The molecule has 266 valence electrons. The summed E-state index contributed by atoms with van der Waals surface area (Å²) < 4.78 is 33.1. The Balaban J connectivity index is 1.24. The number of amides is 1. The summed E-state index contributed by atoms with van der Waals surface area (Å²) in [5.74, 6) is 0.643. The molecule has 9 nitrogen and oxygen atoms in total. The highest BCUT2D eigenvalue weighted by Gasteiger charge is 2.44. The molecule has 1 amide bonds. The fourth-order valence-electron chi connectivity index (χ4n) is 8.38. The van der Waals surface area contributed by atoms with E-state index in [1.54, 1.807) is 24.1 Å². The number of hydrogen-bond donors (Lipinski definition) is 0. The Bertz CT molecular complexity index is 1920. The molecule has 1 spiro atoms. The van der Waals surface area contributed by atoms with Crippen LogP contribution in [0.2, 0.25) is 5.02 Å². The number of aromatic nitrogens is 2. The van der Waals surface area contributed by atoms with Crippen LogP contribution in [0.15, 0.2) is 65.2 Å². The van der Waals surface area contributed by atoms with Crippen molar-refractivity contribution in [1.82, 2.24) is 9.78 Å².